The summed E-state index contributed by atoms with van der Waals surface area (Å²) in [6, 6.07) is 4.04. The Morgan fingerprint density at radius 3 is 2.50 bits per heavy atom. The Morgan fingerprint density at radius 1 is 1.23 bits per heavy atom. The van der Waals surface area contributed by atoms with E-state index in [0.717, 1.165) is 24.2 Å². The normalized spacial score (nSPS) is 25.8. The lowest BCUT2D eigenvalue weighted by atomic mass is 9.74. The van der Waals surface area contributed by atoms with Crippen LogP contribution in [0.15, 0.2) is 23.1 Å². The molecule has 3 rings (SSSR count). The minimum absolute atomic E-state index is 0. The second kappa shape index (κ2) is 7.26. The number of nitrogens with two attached hydrogens (primary N) is 1. The van der Waals surface area contributed by atoms with Gasteiger partial charge in [0.15, 0.2) is 0 Å². The average Bonchev–Trinajstić information content (AvgIpc) is 2.81. The van der Waals surface area contributed by atoms with Crippen LogP contribution in [-0.2, 0) is 10.0 Å². The van der Waals surface area contributed by atoms with Gasteiger partial charge in [-0.05, 0) is 37.0 Å². The van der Waals surface area contributed by atoms with E-state index in [1.54, 1.807) is 0 Å². The molecule has 1 aromatic carbocycles. The molecule has 0 bridgehead atoms. The highest BCUT2D eigenvalue weighted by Gasteiger charge is 2.41. The van der Waals surface area contributed by atoms with Gasteiger partial charge in [0.05, 0.1) is 16.0 Å². The molecule has 2 aliphatic rings. The van der Waals surface area contributed by atoms with Crippen molar-refractivity contribution in [3.63, 3.8) is 0 Å². The molecule has 1 fully saturated rings. The lowest BCUT2D eigenvalue weighted by molar-refractivity contribution is 0.0693. The van der Waals surface area contributed by atoms with E-state index in [0.29, 0.717) is 6.42 Å². The van der Waals surface area contributed by atoms with Gasteiger partial charge < -0.3 is 5.73 Å². The van der Waals surface area contributed by atoms with Gasteiger partial charge >= 0.3 is 0 Å². The quantitative estimate of drug-likeness (QED) is 0.743. The number of fused-ring (bicyclic) bond motifs is 1. The third-order valence-electron chi connectivity index (χ3n) is 5.53. The minimum atomic E-state index is -3.86. The molecule has 9 heteroatoms. The lowest BCUT2D eigenvalue weighted by Crippen LogP contribution is -2.58. The highest BCUT2D eigenvalue weighted by Crippen LogP contribution is 2.34. The Hall–Kier alpha value is -1.48. The maximum Gasteiger partial charge on any atom is 0.261 e. The summed E-state index contributed by atoms with van der Waals surface area (Å²) in [5.74, 6) is -0.780. The zero-order chi connectivity index (χ0) is 18.4. The largest absolute Gasteiger partial charge is 0.329 e. The molecular weight excluding hydrogens is 378 g/mol. The van der Waals surface area contributed by atoms with Gasteiger partial charge in [-0.2, -0.15) is 0 Å². The van der Waals surface area contributed by atoms with E-state index >= 15 is 0 Å². The first kappa shape index (κ1) is 20.8. The van der Waals surface area contributed by atoms with E-state index in [-0.39, 0.29) is 40.9 Å². The van der Waals surface area contributed by atoms with Crippen LogP contribution in [0.5, 0.6) is 0 Å². The van der Waals surface area contributed by atoms with Crippen LogP contribution in [0.3, 0.4) is 0 Å². The third kappa shape index (κ3) is 3.26. The summed E-state index contributed by atoms with van der Waals surface area (Å²) in [5.41, 5.74) is 5.60. The van der Waals surface area contributed by atoms with Crippen LogP contribution in [0.4, 0.5) is 0 Å². The number of hydrogen-bond acceptors (Lipinski definition) is 5. The van der Waals surface area contributed by atoms with Crippen LogP contribution in [-0.4, -0.2) is 44.3 Å². The number of rotatable bonds is 4. The van der Waals surface area contributed by atoms with Gasteiger partial charge in [-0.3, -0.25) is 14.5 Å². The van der Waals surface area contributed by atoms with Crippen LogP contribution in [0.2, 0.25) is 0 Å². The zero-order valence-corrected chi connectivity index (χ0v) is 16.5. The monoisotopic (exact) mass is 401 g/mol. The number of nitrogens with zero attached hydrogens (tertiary/aromatic N) is 1. The van der Waals surface area contributed by atoms with E-state index in [2.05, 4.69) is 4.72 Å². The molecule has 1 aliphatic heterocycles. The van der Waals surface area contributed by atoms with Gasteiger partial charge in [-0.1, -0.05) is 19.8 Å². The number of carbonyl (C=O) groups is 2. The molecule has 0 aromatic heterocycles. The number of carbonyl (C=O) groups excluding carboxylic acids is 2. The fraction of sp³-hybridized carbons (Fsp3) is 0.529. The topological polar surface area (TPSA) is 110 Å². The first-order valence-corrected chi connectivity index (χ1v) is 9.91. The molecule has 2 amide bonds. The second-order valence-electron chi connectivity index (χ2n) is 6.99. The first-order valence-electron chi connectivity index (χ1n) is 8.42. The fourth-order valence-electron chi connectivity index (χ4n) is 3.74. The highest BCUT2D eigenvalue weighted by molar-refractivity contribution is 7.89. The minimum Gasteiger partial charge on any atom is -0.329 e. The van der Waals surface area contributed by atoms with Crippen molar-refractivity contribution in [3.8, 4) is 0 Å². The van der Waals surface area contributed by atoms with Crippen molar-refractivity contribution in [2.24, 2.45) is 11.7 Å². The summed E-state index contributed by atoms with van der Waals surface area (Å²) < 4.78 is 28.6. The van der Waals surface area contributed by atoms with Crippen molar-refractivity contribution in [1.29, 1.82) is 0 Å². The number of hydrogen-bond donors (Lipinski definition) is 2. The van der Waals surface area contributed by atoms with Gasteiger partial charge in [-0.15, -0.1) is 12.4 Å². The Balaban J connectivity index is 0.00000243. The molecular formula is C17H24ClN3O4S. The third-order valence-corrected chi connectivity index (χ3v) is 7.08. The Morgan fingerprint density at radius 2 is 1.88 bits per heavy atom. The molecule has 1 saturated carbocycles. The summed E-state index contributed by atoms with van der Waals surface area (Å²) in [5, 5.41) is 0. The molecule has 2 unspecified atom stereocenters. The van der Waals surface area contributed by atoms with Crippen LogP contribution in [0.25, 0.3) is 0 Å². The SMILES string of the molecule is CC1CCCCC1(CN)NS(=O)(=O)c1ccc2c(c1)C(=O)N(C)C2=O.Cl. The van der Waals surface area contributed by atoms with Crippen LogP contribution < -0.4 is 10.5 Å². The van der Waals surface area contributed by atoms with E-state index < -0.39 is 27.4 Å². The van der Waals surface area contributed by atoms with E-state index in [4.69, 9.17) is 5.73 Å². The van der Waals surface area contributed by atoms with E-state index in [1.807, 2.05) is 6.92 Å². The number of sulfonamides is 1. The number of nitrogens with one attached hydrogen (secondary N) is 1. The van der Waals surface area contributed by atoms with Gasteiger partial charge in [0.25, 0.3) is 11.8 Å². The van der Waals surface area contributed by atoms with Crippen LogP contribution in [0, 0.1) is 5.92 Å². The number of halogens is 1. The van der Waals surface area contributed by atoms with Crippen molar-refractivity contribution in [3.05, 3.63) is 29.3 Å². The van der Waals surface area contributed by atoms with Crippen molar-refractivity contribution in [2.45, 2.75) is 43.0 Å². The molecule has 144 valence electrons. The zero-order valence-electron chi connectivity index (χ0n) is 14.8. The molecule has 1 aliphatic carbocycles. The molecule has 1 heterocycles. The van der Waals surface area contributed by atoms with Gasteiger partial charge in [0.2, 0.25) is 10.0 Å². The molecule has 0 saturated heterocycles. The standard InChI is InChI=1S/C17H23N3O4S.ClH/c1-11-5-3-4-8-17(11,10-18)19-25(23,24)12-6-7-13-14(9-12)16(22)20(2)15(13)21;/h6-7,9,11,19H,3-5,8,10,18H2,1-2H3;1H. The molecule has 3 N–H and O–H groups in total. The maximum atomic E-state index is 12.9. The molecule has 0 radical (unpaired) electrons. The number of amides is 2. The van der Waals surface area contributed by atoms with Gasteiger partial charge in [-0.25, -0.2) is 13.1 Å². The Kier molecular flexibility index (Phi) is 5.82. The molecule has 2 atom stereocenters. The van der Waals surface area contributed by atoms with E-state index in [1.165, 1.54) is 25.2 Å². The molecule has 7 nitrogen and oxygen atoms in total. The lowest BCUT2D eigenvalue weighted by Gasteiger charge is -2.42. The first-order chi connectivity index (χ1) is 11.7. The Bertz CT molecular complexity index is 842. The summed E-state index contributed by atoms with van der Waals surface area (Å²) in [4.78, 5) is 25.0. The van der Waals surface area contributed by atoms with Crippen LogP contribution in [0.1, 0.15) is 53.3 Å². The average molecular weight is 402 g/mol. The number of benzene rings is 1. The maximum absolute atomic E-state index is 12.9. The highest BCUT2D eigenvalue weighted by atomic mass is 35.5. The number of imide groups is 1. The Labute approximate surface area is 159 Å². The summed E-state index contributed by atoms with van der Waals surface area (Å²) in [6.45, 7) is 2.23. The predicted molar refractivity (Wildman–Crippen MR) is 99.9 cm³/mol. The summed E-state index contributed by atoms with van der Waals surface area (Å²) in [7, 11) is -2.48. The van der Waals surface area contributed by atoms with Gasteiger partial charge in [0, 0.05) is 19.1 Å². The molecule has 0 spiro atoms. The van der Waals surface area contributed by atoms with Crippen molar-refractivity contribution in [1.82, 2.24) is 9.62 Å². The molecule has 1 aromatic rings. The van der Waals surface area contributed by atoms with Crippen LogP contribution >= 0.6 is 12.4 Å². The second-order valence-corrected chi connectivity index (χ2v) is 8.67. The summed E-state index contributed by atoms with van der Waals surface area (Å²) >= 11 is 0. The van der Waals surface area contributed by atoms with Crippen molar-refractivity contribution in [2.75, 3.05) is 13.6 Å². The summed E-state index contributed by atoms with van der Waals surface area (Å²) in [6.07, 6.45) is 3.59. The van der Waals surface area contributed by atoms with Gasteiger partial charge in [0.1, 0.15) is 0 Å². The fourth-order valence-corrected chi connectivity index (χ4v) is 5.30. The molecule has 26 heavy (non-hydrogen) atoms. The predicted octanol–water partition coefficient (Wildman–Crippen LogP) is 1.52. The smallest absolute Gasteiger partial charge is 0.261 e. The van der Waals surface area contributed by atoms with E-state index in [9.17, 15) is 18.0 Å². The van der Waals surface area contributed by atoms with Crippen molar-refractivity contribution >= 4 is 34.2 Å². The van der Waals surface area contributed by atoms with Crippen molar-refractivity contribution < 1.29 is 18.0 Å².